The molecule has 0 fully saturated rings. The first-order valence-electron chi connectivity index (χ1n) is 11.2. The minimum Gasteiger partial charge on any atom is -0.484 e. The smallest absolute Gasteiger partial charge is 0.262 e. The fourth-order valence-electron chi connectivity index (χ4n) is 3.61. The lowest BCUT2D eigenvalue weighted by Crippen LogP contribution is -2.49. The zero-order valence-electron chi connectivity index (χ0n) is 19.8. The third-order valence-corrected chi connectivity index (χ3v) is 5.42. The molecule has 2 aromatic carbocycles. The molecule has 7 heteroatoms. The number of aryl methyl sites for hydroxylation is 1. The zero-order valence-corrected chi connectivity index (χ0v) is 19.8. The van der Waals surface area contributed by atoms with Crippen LogP contribution in [-0.4, -0.2) is 35.2 Å². The second-order valence-electron chi connectivity index (χ2n) is 8.68. The number of benzene rings is 2. The molecular formula is C26H32N4O3. The number of carbonyl (C=O) groups excluding carboxylic acids is 2. The van der Waals surface area contributed by atoms with Crippen LogP contribution >= 0.6 is 0 Å². The van der Waals surface area contributed by atoms with Crippen molar-refractivity contribution >= 4 is 28.9 Å². The molecule has 0 bridgehead atoms. The van der Waals surface area contributed by atoms with Gasteiger partial charge < -0.3 is 14.6 Å². The highest BCUT2D eigenvalue weighted by molar-refractivity contribution is 6.00. The van der Waals surface area contributed by atoms with Crippen molar-refractivity contribution in [3.63, 3.8) is 0 Å². The molecule has 174 valence electrons. The number of nitrogens with one attached hydrogen (secondary N) is 2. The van der Waals surface area contributed by atoms with E-state index in [1.165, 1.54) is 0 Å². The van der Waals surface area contributed by atoms with Gasteiger partial charge in [-0.1, -0.05) is 50.2 Å². The highest BCUT2D eigenvalue weighted by Crippen LogP contribution is 2.23. The van der Waals surface area contributed by atoms with Crippen LogP contribution in [0.1, 0.15) is 44.9 Å². The molecule has 0 aliphatic rings. The number of para-hydroxylation sites is 2. The predicted molar refractivity (Wildman–Crippen MR) is 132 cm³/mol. The molecule has 0 aliphatic carbocycles. The van der Waals surface area contributed by atoms with Crippen LogP contribution < -0.4 is 15.5 Å². The maximum atomic E-state index is 12.7. The molecule has 3 rings (SSSR count). The van der Waals surface area contributed by atoms with E-state index in [1.807, 2.05) is 63.4 Å². The predicted octanol–water partition coefficient (Wildman–Crippen LogP) is 4.20. The summed E-state index contributed by atoms with van der Waals surface area (Å²) in [5.74, 6) is -0.219. The Bertz CT molecular complexity index is 1150. The summed E-state index contributed by atoms with van der Waals surface area (Å²) in [6.07, 6.45) is 3.66. The van der Waals surface area contributed by atoms with E-state index in [2.05, 4.69) is 40.3 Å². The molecule has 0 spiro atoms. The fraction of sp³-hybridized carbons (Fsp3) is 0.346. The van der Waals surface area contributed by atoms with E-state index in [1.54, 1.807) is 12.3 Å². The number of hydrogen-bond acceptors (Lipinski definition) is 4. The minimum absolute atomic E-state index is 0.120. The van der Waals surface area contributed by atoms with Gasteiger partial charge in [-0.15, -0.1) is 0 Å². The van der Waals surface area contributed by atoms with Crippen molar-refractivity contribution in [3.05, 3.63) is 65.9 Å². The second-order valence-corrected chi connectivity index (χ2v) is 8.68. The molecule has 0 unspecified atom stereocenters. The van der Waals surface area contributed by atoms with Crippen LogP contribution in [0.15, 0.2) is 59.8 Å². The molecule has 1 atom stereocenters. The van der Waals surface area contributed by atoms with E-state index in [0.717, 1.165) is 22.0 Å². The van der Waals surface area contributed by atoms with Crippen molar-refractivity contribution in [1.29, 1.82) is 0 Å². The van der Waals surface area contributed by atoms with Gasteiger partial charge in [-0.3, -0.25) is 9.59 Å². The molecule has 3 aromatic rings. The van der Waals surface area contributed by atoms with Crippen LogP contribution in [0.5, 0.6) is 5.75 Å². The highest BCUT2D eigenvalue weighted by atomic mass is 16.5. The third-order valence-electron chi connectivity index (χ3n) is 5.42. The average Bonchev–Trinajstić information content (AvgIpc) is 3.16. The zero-order chi connectivity index (χ0) is 24.0. The Labute approximate surface area is 194 Å². The first kappa shape index (κ1) is 24.0. The van der Waals surface area contributed by atoms with E-state index in [9.17, 15) is 9.59 Å². The Balaban J connectivity index is 1.62. The van der Waals surface area contributed by atoms with Crippen LogP contribution in [0, 0.1) is 12.8 Å². The Hall–Kier alpha value is -3.61. The van der Waals surface area contributed by atoms with Crippen LogP contribution in [0.4, 0.5) is 0 Å². The molecule has 1 heterocycles. The van der Waals surface area contributed by atoms with Gasteiger partial charge in [0.25, 0.3) is 11.8 Å². The first-order chi connectivity index (χ1) is 15.8. The lowest BCUT2D eigenvalue weighted by molar-refractivity contribution is -0.131. The van der Waals surface area contributed by atoms with Crippen LogP contribution in [0.25, 0.3) is 10.9 Å². The molecule has 0 aliphatic heterocycles. The summed E-state index contributed by atoms with van der Waals surface area (Å²) in [6.45, 7) is 9.72. The van der Waals surface area contributed by atoms with Gasteiger partial charge in [0.15, 0.2) is 6.61 Å². The Kier molecular flexibility index (Phi) is 7.87. The molecule has 0 radical (unpaired) electrons. The Morgan fingerprint density at radius 1 is 1.06 bits per heavy atom. The quantitative estimate of drug-likeness (QED) is 0.380. The Morgan fingerprint density at radius 2 is 1.76 bits per heavy atom. The lowest BCUT2D eigenvalue weighted by Gasteiger charge is -2.20. The van der Waals surface area contributed by atoms with Gasteiger partial charge in [-0.2, -0.15) is 5.10 Å². The number of nitrogens with zero attached hydrogens (tertiary/aromatic N) is 2. The number of fused-ring (bicyclic) bond motifs is 1. The first-order valence-corrected chi connectivity index (χ1v) is 11.2. The molecule has 7 nitrogen and oxygen atoms in total. The van der Waals surface area contributed by atoms with Crippen LogP contribution in [0.2, 0.25) is 0 Å². The highest BCUT2D eigenvalue weighted by Gasteiger charge is 2.24. The second kappa shape index (κ2) is 10.8. The van der Waals surface area contributed by atoms with Gasteiger partial charge >= 0.3 is 0 Å². The number of ether oxygens (including phenoxy) is 1. The summed E-state index contributed by atoms with van der Waals surface area (Å²) in [7, 11) is 0. The summed E-state index contributed by atoms with van der Waals surface area (Å²) < 4.78 is 7.76. The van der Waals surface area contributed by atoms with Gasteiger partial charge in [-0.05, 0) is 44.4 Å². The van der Waals surface area contributed by atoms with Crippen molar-refractivity contribution in [2.75, 3.05) is 6.61 Å². The van der Waals surface area contributed by atoms with Gasteiger partial charge in [-0.25, -0.2) is 5.43 Å². The topological polar surface area (TPSA) is 84.7 Å². The van der Waals surface area contributed by atoms with Crippen molar-refractivity contribution in [3.8, 4) is 5.75 Å². The van der Waals surface area contributed by atoms with Crippen LogP contribution in [-0.2, 0) is 9.59 Å². The number of rotatable bonds is 9. The standard InChI is InChI=1S/C26H32N4O3/c1-17(2)25(28-24(31)16-33-23-13-9-6-10-19(23)5)26(32)29-27-14-20-15-30(18(3)4)22-12-8-7-11-21(20)22/h6-15,17-18,25H,16H2,1-5H3,(H,28,31)(H,29,32)/b27-14-/t25-/m0/s1. The summed E-state index contributed by atoms with van der Waals surface area (Å²) in [5.41, 5.74) is 5.54. The molecule has 1 aromatic heterocycles. The van der Waals surface area contributed by atoms with Gasteiger partial charge in [0.1, 0.15) is 11.8 Å². The van der Waals surface area contributed by atoms with E-state index in [0.29, 0.717) is 11.8 Å². The normalized spacial score (nSPS) is 12.5. The number of carbonyl (C=O) groups is 2. The maximum absolute atomic E-state index is 12.7. The summed E-state index contributed by atoms with van der Waals surface area (Å²) in [4.78, 5) is 25.1. The van der Waals surface area contributed by atoms with E-state index >= 15 is 0 Å². The maximum Gasteiger partial charge on any atom is 0.262 e. The molecule has 0 saturated heterocycles. The monoisotopic (exact) mass is 448 g/mol. The Morgan fingerprint density at radius 3 is 2.45 bits per heavy atom. The molecule has 2 amide bonds. The molecule has 2 N–H and O–H groups in total. The SMILES string of the molecule is Cc1ccccc1OCC(=O)N[C@H](C(=O)N/N=C\c1cn(C(C)C)c2ccccc12)C(C)C. The van der Waals surface area contributed by atoms with E-state index < -0.39 is 6.04 Å². The summed E-state index contributed by atoms with van der Waals surface area (Å²) in [6, 6.07) is 15.1. The van der Waals surface area contributed by atoms with Crippen molar-refractivity contribution in [2.45, 2.75) is 46.7 Å². The van der Waals surface area contributed by atoms with Crippen LogP contribution in [0.3, 0.4) is 0 Å². The fourth-order valence-corrected chi connectivity index (χ4v) is 3.61. The van der Waals surface area contributed by atoms with Gasteiger partial charge in [0, 0.05) is 28.7 Å². The largest absolute Gasteiger partial charge is 0.484 e. The number of hydrazone groups is 1. The van der Waals surface area contributed by atoms with E-state index in [-0.39, 0.29) is 24.3 Å². The number of amides is 2. The summed E-state index contributed by atoms with van der Waals surface area (Å²) in [5, 5.41) is 7.97. The molecule has 33 heavy (non-hydrogen) atoms. The van der Waals surface area contributed by atoms with Crippen molar-refractivity contribution < 1.29 is 14.3 Å². The number of aromatic nitrogens is 1. The third kappa shape index (κ3) is 6.00. The van der Waals surface area contributed by atoms with Crippen molar-refractivity contribution in [1.82, 2.24) is 15.3 Å². The average molecular weight is 449 g/mol. The molecule has 0 saturated carbocycles. The van der Waals surface area contributed by atoms with Gasteiger partial charge in [0.2, 0.25) is 0 Å². The van der Waals surface area contributed by atoms with Crippen molar-refractivity contribution in [2.24, 2.45) is 11.0 Å². The minimum atomic E-state index is -0.730. The summed E-state index contributed by atoms with van der Waals surface area (Å²) >= 11 is 0. The van der Waals surface area contributed by atoms with Gasteiger partial charge in [0.05, 0.1) is 6.21 Å². The lowest BCUT2D eigenvalue weighted by atomic mass is 10.0. The molecular weight excluding hydrogens is 416 g/mol. The van der Waals surface area contributed by atoms with E-state index in [4.69, 9.17) is 4.74 Å². The number of hydrogen-bond donors (Lipinski definition) is 2.